The molecule has 0 aliphatic carbocycles. The van der Waals surface area contributed by atoms with Gasteiger partial charge in [0.1, 0.15) is 6.04 Å². The van der Waals surface area contributed by atoms with Gasteiger partial charge in [-0.1, -0.05) is 0 Å². The summed E-state index contributed by atoms with van der Waals surface area (Å²) in [6.45, 7) is 5.09. The molecule has 17 heavy (non-hydrogen) atoms. The van der Waals surface area contributed by atoms with Gasteiger partial charge >= 0.3 is 5.97 Å². The first-order chi connectivity index (χ1) is 8.11. The van der Waals surface area contributed by atoms with Crippen LogP contribution in [0.15, 0.2) is 6.20 Å². The molecule has 6 nitrogen and oxygen atoms in total. The second kappa shape index (κ2) is 4.85. The summed E-state index contributed by atoms with van der Waals surface area (Å²) >= 11 is 0. The molecule has 1 aliphatic heterocycles. The number of carboxylic acid groups (broad SMARTS) is 1. The highest BCUT2D eigenvalue weighted by atomic mass is 16.4. The zero-order valence-electron chi connectivity index (χ0n) is 10.2. The van der Waals surface area contributed by atoms with Crippen LogP contribution in [-0.2, 0) is 11.8 Å². The molecule has 1 aromatic heterocycles. The van der Waals surface area contributed by atoms with Crippen molar-refractivity contribution in [2.45, 2.75) is 13.0 Å². The van der Waals surface area contributed by atoms with Crippen LogP contribution >= 0.6 is 0 Å². The molecule has 1 saturated heterocycles. The van der Waals surface area contributed by atoms with E-state index < -0.39 is 12.0 Å². The number of rotatable bonds is 3. The van der Waals surface area contributed by atoms with E-state index in [1.807, 2.05) is 18.9 Å². The number of nitrogens with zero attached hydrogens (tertiary/aromatic N) is 3. The van der Waals surface area contributed by atoms with E-state index in [-0.39, 0.29) is 0 Å². The zero-order valence-corrected chi connectivity index (χ0v) is 10.2. The van der Waals surface area contributed by atoms with Crippen LogP contribution in [0.4, 0.5) is 0 Å². The second-order valence-corrected chi connectivity index (χ2v) is 4.34. The summed E-state index contributed by atoms with van der Waals surface area (Å²) in [4.78, 5) is 13.5. The Hall–Kier alpha value is -1.40. The minimum absolute atomic E-state index is 0.578. The molecule has 94 valence electrons. The largest absolute Gasteiger partial charge is 0.480 e. The van der Waals surface area contributed by atoms with Crippen LogP contribution in [0.5, 0.6) is 0 Å². The van der Waals surface area contributed by atoms with Gasteiger partial charge in [-0.15, -0.1) is 0 Å². The molecule has 0 spiro atoms. The summed E-state index contributed by atoms with van der Waals surface area (Å²) in [5.74, 6) is -0.803. The summed E-state index contributed by atoms with van der Waals surface area (Å²) in [7, 11) is 1.83. The highest BCUT2D eigenvalue weighted by molar-refractivity contribution is 5.75. The van der Waals surface area contributed by atoms with Gasteiger partial charge in [-0.3, -0.25) is 14.4 Å². The molecular formula is C11H18N4O2. The van der Waals surface area contributed by atoms with Gasteiger partial charge in [0.05, 0.1) is 6.20 Å². The normalized spacial score (nSPS) is 19.2. The van der Waals surface area contributed by atoms with E-state index in [0.29, 0.717) is 0 Å². The fourth-order valence-corrected chi connectivity index (χ4v) is 2.21. The van der Waals surface area contributed by atoms with Gasteiger partial charge in [-0.05, 0) is 6.92 Å². The fraction of sp³-hybridized carbons (Fsp3) is 0.636. The molecule has 1 unspecified atom stereocenters. The monoisotopic (exact) mass is 238 g/mol. The van der Waals surface area contributed by atoms with Crippen molar-refractivity contribution in [1.29, 1.82) is 0 Å². The molecule has 2 heterocycles. The maximum Gasteiger partial charge on any atom is 0.325 e. The molecule has 1 fully saturated rings. The van der Waals surface area contributed by atoms with Gasteiger partial charge in [0.2, 0.25) is 0 Å². The lowest BCUT2D eigenvalue weighted by atomic mass is 10.1. The second-order valence-electron chi connectivity index (χ2n) is 4.34. The summed E-state index contributed by atoms with van der Waals surface area (Å²) in [5.41, 5.74) is 1.71. The first kappa shape index (κ1) is 12.1. The number of piperazine rings is 1. The number of aliphatic carboxylic acids is 1. The average molecular weight is 238 g/mol. The van der Waals surface area contributed by atoms with E-state index in [1.165, 1.54) is 0 Å². The fourth-order valence-electron chi connectivity index (χ4n) is 2.21. The number of carbonyl (C=O) groups is 1. The Morgan fingerprint density at radius 2 is 2.18 bits per heavy atom. The Morgan fingerprint density at radius 1 is 1.53 bits per heavy atom. The molecule has 0 saturated carbocycles. The standard InChI is InChI=1S/C11H18N4O2/c1-8-9(7-13-14(8)2)10(11(16)17)15-5-3-12-4-6-15/h7,10,12H,3-6H2,1-2H3,(H,16,17). The predicted molar refractivity (Wildman–Crippen MR) is 62.8 cm³/mol. The quantitative estimate of drug-likeness (QED) is 0.760. The first-order valence-electron chi connectivity index (χ1n) is 5.77. The lowest BCUT2D eigenvalue weighted by Crippen LogP contribution is -2.47. The van der Waals surface area contributed by atoms with Crippen molar-refractivity contribution >= 4 is 5.97 Å². The highest BCUT2D eigenvalue weighted by Crippen LogP contribution is 2.23. The van der Waals surface area contributed by atoms with E-state index in [2.05, 4.69) is 10.4 Å². The van der Waals surface area contributed by atoms with Crippen molar-refractivity contribution in [3.8, 4) is 0 Å². The Balaban J connectivity index is 2.28. The SMILES string of the molecule is Cc1c(C(C(=O)O)N2CCNCC2)cnn1C. The first-order valence-corrected chi connectivity index (χ1v) is 5.77. The highest BCUT2D eigenvalue weighted by Gasteiger charge is 2.30. The van der Waals surface area contributed by atoms with Crippen molar-refractivity contribution < 1.29 is 9.90 Å². The van der Waals surface area contributed by atoms with Crippen LogP contribution in [0.2, 0.25) is 0 Å². The number of nitrogens with one attached hydrogen (secondary N) is 1. The van der Waals surface area contributed by atoms with Gasteiger partial charge in [-0.2, -0.15) is 5.10 Å². The van der Waals surface area contributed by atoms with Crippen molar-refractivity contribution in [2.24, 2.45) is 7.05 Å². The van der Waals surface area contributed by atoms with Crippen molar-refractivity contribution in [2.75, 3.05) is 26.2 Å². The molecule has 2 N–H and O–H groups in total. The third kappa shape index (κ3) is 2.32. The molecule has 0 amide bonds. The maximum atomic E-state index is 11.5. The molecule has 6 heteroatoms. The molecule has 0 aromatic carbocycles. The van der Waals surface area contributed by atoms with Gasteiger partial charge in [0, 0.05) is 44.5 Å². The Kier molecular flexibility index (Phi) is 3.44. The third-order valence-corrected chi connectivity index (χ3v) is 3.32. The van der Waals surface area contributed by atoms with Gasteiger partial charge in [0.15, 0.2) is 0 Å². The van der Waals surface area contributed by atoms with Crippen LogP contribution in [0.3, 0.4) is 0 Å². The lowest BCUT2D eigenvalue weighted by molar-refractivity contribution is -0.143. The molecule has 1 aromatic rings. The predicted octanol–water partition coefficient (Wildman–Crippen LogP) is -0.241. The minimum atomic E-state index is -0.803. The van der Waals surface area contributed by atoms with E-state index in [1.54, 1.807) is 10.9 Å². The Labute approximate surface area is 100 Å². The van der Waals surface area contributed by atoms with Crippen LogP contribution in [-0.4, -0.2) is 51.9 Å². The number of aromatic nitrogens is 2. The van der Waals surface area contributed by atoms with Crippen LogP contribution < -0.4 is 5.32 Å². The Bertz CT molecular complexity index is 410. The van der Waals surface area contributed by atoms with Crippen molar-refractivity contribution in [3.05, 3.63) is 17.5 Å². The minimum Gasteiger partial charge on any atom is -0.480 e. The van der Waals surface area contributed by atoms with E-state index in [4.69, 9.17) is 0 Å². The summed E-state index contributed by atoms with van der Waals surface area (Å²) in [6, 6.07) is -0.578. The van der Waals surface area contributed by atoms with E-state index in [9.17, 15) is 9.90 Å². The topological polar surface area (TPSA) is 70.4 Å². The average Bonchev–Trinajstić information content (AvgIpc) is 2.63. The molecule has 1 atom stereocenters. The molecule has 1 aliphatic rings. The third-order valence-electron chi connectivity index (χ3n) is 3.32. The number of hydrogen-bond donors (Lipinski definition) is 2. The number of carboxylic acids is 1. The van der Waals surface area contributed by atoms with Crippen molar-refractivity contribution in [1.82, 2.24) is 20.0 Å². The molecular weight excluding hydrogens is 220 g/mol. The van der Waals surface area contributed by atoms with Crippen molar-refractivity contribution in [3.63, 3.8) is 0 Å². The van der Waals surface area contributed by atoms with Crippen LogP contribution in [0.1, 0.15) is 17.3 Å². The molecule has 0 bridgehead atoms. The van der Waals surface area contributed by atoms with Gasteiger partial charge < -0.3 is 10.4 Å². The van der Waals surface area contributed by atoms with Crippen LogP contribution in [0, 0.1) is 6.92 Å². The van der Waals surface area contributed by atoms with E-state index >= 15 is 0 Å². The van der Waals surface area contributed by atoms with Gasteiger partial charge in [-0.25, -0.2) is 0 Å². The lowest BCUT2D eigenvalue weighted by Gasteiger charge is -2.32. The maximum absolute atomic E-state index is 11.5. The molecule has 0 radical (unpaired) electrons. The Morgan fingerprint density at radius 3 is 2.65 bits per heavy atom. The van der Waals surface area contributed by atoms with E-state index in [0.717, 1.165) is 37.4 Å². The van der Waals surface area contributed by atoms with Crippen LogP contribution in [0.25, 0.3) is 0 Å². The summed E-state index contributed by atoms with van der Waals surface area (Å²) in [6.07, 6.45) is 1.66. The smallest absolute Gasteiger partial charge is 0.325 e. The summed E-state index contributed by atoms with van der Waals surface area (Å²) < 4.78 is 1.72. The number of hydrogen-bond acceptors (Lipinski definition) is 4. The summed E-state index contributed by atoms with van der Waals surface area (Å²) in [5, 5.41) is 16.8. The van der Waals surface area contributed by atoms with Gasteiger partial charge in [0.25, 0.3) is 0 Å². The molecule has 2 rings (SSSR count). The zero-order chi connectivity index (χ0) is 12.4. The number of aryl methyl sites for hydroxylation is 1.